The highest BCUT2D eigenvalue weighted by Crippen LogP contribution is 2.25. The van der Waals surface area contributed by atoms with Crippen molar-refractivity contribution in [1.82, 2.24) is 9.97 Å². The van der Waals surface area contributed by atoms with Crippen molar-refractivity contribution in [3.8, 4) is 0 Å². The Balaban J connectivity index is 2.10. The average molecular weight is 274 g/mol. The minimum atomic E-state index is 0.509. The van der Waals surface area contributed by atoms with Crippen molar-refractivity contribution in [1.29, 1.82) is 0 Å². The molecule has 1 aromatic heterocycles. The maximum absolute atomic E-state index is 5.99. The summed E-state index contributed by atoms with van der Waals surface area (Å²) in [5.74, 6) is 1.51. The first-order valence-corrected chi connectivity index (χ1v) is 7.15. The fourth-order valence-corrected chi connectivity index (χ4v) is 2.65. The fourth-order valence-electron chi connectivity index (χ4n) is 2.05. The van der Waals surface area contributed by atoms with E-state index in [1.165, 1.54) is 11.8 Å². The van der Waals surface area contributed by atoms with Gasteiger partial charge in [-0.05, 0) is 12.7 Å². The second-order valence-electron chi connectivity index (χ2n) is 4.09. The van der Waals surface area contributed by atoms with E-state index >= 15 is 0 Å². The van der Waals surface area contributed by atoms with Crippen LogP contribution in [0.2, 0.25) is 5.15 Å². The van der Waals surface area contributed by atoms with Crippen molar-refractivity contribution in [2.75, 3.05) is 38.0 Å². The van der Waals surface area contributed by atoms with Crippen LogP contribution in [0.5, 0.6) is 0 Å². The van der Waals surface area contributed by atoms with E-state index < -0.39 is 0 Å². The van der Waals surface area contributed by atoms with Crippen LogP contribution in [0.3, 0.4) is 0 Å². The van der Waals surface area contributed by atoms with E-state index in [2.05, 4.69) is 14.9 Å². The van der Waals surface area contributed by atoms with Gasteiger partial charge in [-0.15, -0.1) is 0 Å². The van der Waals surface area contributed by atoms with Crippen molar-refractivity contribution in [3.05, 3.63) is 11.2 Å². The van der Waals surface area contributed by atoms with Crippen molar-refractivity contribution < 1.29 is 4.74 Å². The number of ether oxygens (including phenoxy) is 1. The molecular weight excluding hydrogens is 258 g/mol. The molecule has 0 aromatic carbocycles. The molecule has 1 aliphatic rings. The Morgan fingerprint density at radius 1 is 1.59 bits per heavy atom. The largest absolute Gasteiger partial charge is 0.384 e. The molecule has 94 valence electrons. The Hall–Kier alpha value is -0.520. The molecule has 0 saturated carbocycles. The van der Waals surface area contributed by atoms with Crippen molar-refractivity contribution in [3.63, 3.8) is 0 Å². The first kappa shape index (κ1) is 12.9. The fraction of sp³-hybridized carbons (Fsp3) is 0.636. The number of rotatable bonds is 4. The van der Waals surface area contributed by atoms with Crippen LogP contribution in [-0.4, -0.2) is 43.0 Å². The number of methoxy groups -OCH3 is 1. The summed E-state index contributed by atoms with van der Waals surface area (Å²) < 4.78 is 5.19. The van der Waals surface area contributed by atoms with E-state index in [1.54, 1.807) is 7.11 Å². The monoisotopic (exact) mass is 273 g/mol. The molecule has 1 aromatic rings. The Kier molecular flexibility index (Phi) is 4.48. The summed E-state index contributed by atoms with van der Waals surface area (Å²) in [7, 11) is 1.75. The third-order valence-corrected chi connectivity index (χ3v) is 3.60. The predicted octanol–water partition coefficient (Wildman–Crippen LogP) is 2.32. The quantitative estimate of drug-likeness (QED) is 0.478. The number of nitrogens with zero attached hydrogens (tertiary/aromatic N) is 3. The summed E-state index contributed by atoms with van der Waals surface area (Å²) in [6.45, 7) is 2.80. The van der Waals surface area contributed by atoms with Gasteiger partial charge in [0.05, 0.1) is 6.61 Å². The zero-order valence-electron chi connectivity index (χ0n) is 10.0. The van der Waals surface area contributed by atoms with Gasteiger partial charge >= 0.3 is 0 Å². The predicted molar refractivity (Wildman–Crippen MR) is 71.0 cm³/mol. The third kappa shape index (κ3) is 3.24. The first-order valence-electron chi connectivity index (χ1n) is 5.55. The molecule has 17 heavy (non-hydrogen) atoms. The zero-order chi connectivity index (χ0) is 12.3. The van der Waals surface area contributed by atoms with Crippen LogP contribution in [0, 0.1) is 5.92 Å². The van der Waals surface area contributed by atoms with Crippen LogP contribution >= 0.6 is 23.4 Å². The summed E-state index contributed by atoms with van der Waals surface area (Å²) in [6, 6.07) is 1.83. The second-order valence-corrected chi connectivity index (χ2v) is 5.25. The number of halogens is 1. The lowest BCUT2D eigenvalue weighted by Gasteiger charge is -2.17. The Morgan fingerprint density at radius 2 is 2.41 bits per heavy atom. The van der Waals surface area contributed by atoms with Crippen LogP contribution in [0.4, 0.5) is 5.82 Å². The van der Waals surface area contributed by atoms with Gasteiger partial charge in [-0.2, -0.15) is 0 Å². The van der Waals surface area contributed by atoms with Crippen LogP contribution in [0.25, 0.3) is 0 Å². The van der Waals surface area contributed by atoms with Crippen LogP contribution in [0.1, 0.15) is 6.42 Å². The van der Waals surface area contributed by atoms with Crippen molar-refractivity contribution >= 4 is 29.2 Å². The Labute approximate surface area is 111 Å². The lowest BCUT2D eigenvalue weighted by atomic mass is 10.1. The van der Waals surface area contributed by atoms with E-state index in [4.69, 9.17) is 16.3 Å². The molecule has 6 heteroatoms. The summed E-state index contributed by atoms with van der Waals surface area (Å²) in [5, 5.41) is 1.23. The SMILES string of the molecule is COCC1CCN(c2cc(Cl)nc(SC)n2)C1. The second kappa shape index (κ2) is 5.89. The van der Waals surface area contributed by atoms with E-state index in [9.17, 15) is 0 Å². The lowest BCUT2D eigenvalue weighted by Crippen LogP contribution is -2.22. The molecule has 0 radical (unpaired) electrons. The van der Waals surface area contributed by atoms with Crippen LogP contribution < -0.4 is 4.90 Å². The van der Waals surface area contributed by atoms with Gasteiger partial charge < -0.3 is 9.64 Å². The topological polar surface area (TPSA) is 38.2 Å². The maximum Gasteiger partial charge on any atom is 0.190 e. The van der Waals surface area contributed by atoms with Gasteiger partial charge in [0.25, 0.3) is 0 Å². The minimum Gasteiger partial charge on any atom is -0.384 e. The number of aromatic nitrogens is 2. The molecule has 0 aliphatic carbocycles. The summed E-state index contributed by atoms with van der Waals surface area (Å²) >= 11 is 7.50. The molecule has 1 fully saturated rings. The number of thioether (sulfide) groups is 1. The number of anilines is 1. The van der Waals surface area contributed by atoms with Gasteiger partial charge in [0.2, 0.25) is 0 Å². The highest BCUT2D eigenvalue weighted by Gasteiger charge is 2.23. The number of hydrogen-bond acceptors (Lipinski definition) is 5. The maximum atomic E-state index is 5.99. The van der Waals surface area contributed by atoms with Gasteiger partial charge in [0, 0.05) is 32.2 Å². The van der Waals surface area contributed by atoms with Crippen LogP contribution in [-0.2, 0) is 4.74 Å². The van der Waals surface area contributed by atoms with Gasteiger partial charge in [-0.3, -0.25) is 0 Å². The normalized spacial score (nSPS) is 19.9. The standard InChI is InChI=1S/C11H16ClN3OS/c1-16-7-8-3-4-15(6-8)10-5-9(12)13-11(14-10)17-2/h5,8H,3-4,6-7H2,1-2H3. The summed E-state index contributed by atoms with van der Waals surface area (Å²) in [5.41, 5.74) is 0. The lowest BCUT2D eigenvalue weighted by molar-refractivity contribution is 0.161. The molecule has 0 bridgehead atoms. The molecule has 1 saturated heterocycles. The van der Waals surface area contributed by atoms with E-state index in [-0.39, 0.29) is 0 Å². The Morgan fingerprint density at radius 3 is 3.12 bits per heavy atom. The van der Waals surface area contributed by atoms with Crippen molar-refractivity contribution in [2.24, 2.45) is 5.92 Å². The first-order chi connectivity index (χ1) is 8.22. The average Bonchev–Trinajstić information content (AvgIpc) is 2.77. The zero-order valence-corrected chi connectivity index (χ0v) is 11.6. The summed E-state index contributed by atoms with van der Waals surface area (Å²) in [4.78, 5) is 10.9. The van der Waals surface area contributed by atoms with E-state index in [0.717, 1.165) is 37.1 Å². The molecule has 1 unspecified atom stereocenters. The van der Waals surface area contributed by atoms with Crippen molar-refractivity contribution in [2.45, 2.75) is 11.6 Å². The highest BCUT2D eigenvalue weighted by molar-refractivity contribution is 7.98. The molecule has 1 aliphatic heterocycles. The smallest absolute Gasteiger partial charge is 0.190 e. The number of hydrogen-bond donors (Lipinski definition) is 0. The van der Waals surface area contributed by atoms with Gasteiger partial charge in [0.1, 0.15) is 11.0 Å². The van der Waals surface area contributed by atoms with Gasteiger partial charge in [-0.1, -0.05) is 23.4 Å². The molecule has 1 atom stereocenters. The highest BCUT2D eigenvalue weighted by atomic mass is 35.5. The third-order valence-electron chi connectivity index (χ3n) is 2.86. The molecule has 0 amide bonds. The minimum absolute atomic E-state index is 0.509. The van der Waals surface area contributed by atoms with Gasteiger partial charge in [0.15, 0.2) is 5.16 Å². The Bertz CT molecular complexity index is 391. The van der Waals surface area contributed by atoms with Gasteiger partial charge in [-0.25, -0.2) is 9.97 Å². The molecule has 2 heterocycles. The summed E-state index contributed by atoms with van der Waals surface area (Å²) in [6.07, 6.45) is 3.09. The van der Waals surface area contributed by atoms with E-state index in [1.807, 2.05) is 12.3 Å². The molecule has 2 rings (SSSR count). The molecular formula is C11H16ClN3OS. The molecule has 4 nitrogen and oxygen atoms in total. The molecule has 0 spiro atoms. The van der Waals surface area contributed by atoms with Crippen LogP contribution in [0.15, 0.2) is 11.2 Å². The van der Waals surface area contributed by atoms with E-state index in [0.29, 0.717) is 11.1 Å². The molecule has 0 N–H and O–H groups in total.